The molecule has 0 amide bonds. The van der Waals surface area contributed by atoms with Gasteiger partial charge in [-0.2, -0.15) is 0 Å². The molecule has 3 atom stereocenters. The van der Waals surface area contributed by atoms with Gasteiger partial charge >= 0.3 is 0 Å². The summed E-state index contributed by atoms with van der Waals surface area (Å²) in [5, 5.41) is 10.5. The maximum Gasteiger partial charge on any atom is 0.192 e. The lowest BCUT2D eigenvalue weighted by atomic mass is 9.80. The first-order chi connectivity index (χ1) is 17.2. The van der Waals surface area contributed by atoms with Crippen LogP contribution in [-0.4, -0.2) is 32.7 Å². The maximum absolute atomic E-state index is 10.3. The zero-order chi connectivity index (χ0) is 25.8. The van der Waals surface area contributed by atoms with Gasteiger partial charge in [0.25, 0.3) is 0 Å². The van der Waals surface area contributed by atoms with E-state index in [1.165, 1.54) is 0 Å². The number of rotatable bonds is 9. The van der Waals surface area contributed by atoms with Crippen LogP contribution in [0.1, 0.15) is 50.3 Å². The van der Waals surface area contributed by atoms with Crippen LogP contribution in [0.25, 0.3) is 0 Å². The van der Waals surface area contributed by atoms with E-state index in [0.717, 1.165) is 29.5 Å². The Balaban J connectivity index is 1.66. The zero-order valence-corrected chi connectivity index (χ0v) is 23.5. The van der Waals surface area contributed by atoms with Crippen molar-refractivity contribution >= 4 is 8.32 Å². The molecule has 0 aliphatic heterocycles. The minimum atomic E-state index is -1.88. The third-order valence-corrected chi connectivity index (χ3v) is 12.9. The summed E-state index contributed by atoms with van der Waals surface area (Å²) in [6, 6.07) is 31.5. The lowest BCUT2D eigenvalue weighted by molar-refractivity contribution is -0.0203. The summed E-state index contributed by atoms with van der Waals surface area (Å²) >= 11 is 0. The van der Waals surface area contributed by atoms with Gasteiger partial charge in [-0.05, 0) is 59.5 Å². The monoisotopic (exact) mass is 502 g/mol. The van der Waals surface area contributed by atoms with Crippen molar-refractivity contribution in [2.24, 2.45) is 11.8 Å². The molecular weight excluding hydrogens is 460 g/mol. The van der Waals surface area contributed by atoms with E-state index < -0.39 is 13.9 Å². The summed E-state index contributed by atoms with van der Waals surface area (Å²) in [4.78, 5) is 0. The fourth-order valence-electron chi connectivity index (χ4n) is 5.27. The van der Waals surface area contributed by atoms with Crippen molar-refractivity contribution in [3.05, 3.63) is 108 Å². The number of ether oxygens (including phenoxy) is 1. The van der Waals surface area contributed by atoms with Crippen molar-refractivity contribution in [3.63, 3.8) is 0 Å². The van der Waals surface area contributed by atoms with E-state index in [1.807, 2.05) is 18.2 Å². The summed E-state index contributed by atoms with van der Waals surface area (Å²) in [6.07, 6.45) is 1.99. The Morgan fingerprint density at radius 1 is 0.722 bits per heavy atom. The third kappa shape index (κ3) is 5.52. The SMILES string of the molecule is CC(C)(C)[Si](C)(C)O[C@@H]1C[C@@H](COC(c2ccccc2)(c2ccccc2)c2ccccc2)[C@@H](CO)C1. The van der Waals surface area contributed by atoms with Gasteiger partial charge in [0.2, 0.25) is 0 Å². The molecule has 1 N–H and O–H groups in total. The van der Waals surface area contributed by atoms with Crippen LogP contribution in [0.15, 0.2) is 91.0 Å². The predicted octanol–water partition coefficient (Wildman–Crippen LogP) is 7.40. The molecule has 3 nitrogen and oxygen atoms in total. The molecule has 4 rings (SSSR count). The smallest absolute Gasteiger partial charge is 0.192 e. The van der Waals surface area contributed by atoms with Gasteiger partial charge in [-0.1, -0.05) is 112 Å². The summed E-state index contributed by atoms with van der Waals surface area (Å²) in [6.45, 7) is 12.2. The first kappa shape index (κ1) is 26.8. The van der Waals surface area contributed by atoms with Gasteiger partial charge in [-0.15, -0.1) is 0 Å². The number of hydrogen-bond acceptors (Lipinski definition) is 3. The fraction of sp³-hybridized carbons (Fsp3) is 0.438. The Kier molecular flexibility index (Phi) is 8.21. The van der Waals surface area contributed by atoms with Crippen molar-refractivity contribution in [2.75, 3.05) is 13.2 Å². The van der Waals surface area contributed by atoms with E-state index in [2.05, 4.69) is 107 Å². The number of aliphatic hydroxyl groups is 1. The van der Waals surface area contributed by atoms with E-state index in [0.29, 0.717) is 6.61 Å². The number of hydrogen-bond donors (Lipinski definition) is 1. The van der Waals surface area contributed by atoms with Gasteiger partial charge in [-0.3, -0.25) is 0 Å². The molecule has 1 aliphatic rings. The second-order valence-corrected chi connectivity index (χ2v) is 16.5. The highest BCUT2D eigenvalue weighted by molar-refractivity contribution is 6.74. The second-order valence-electron chi connectivity index (χ2n) is 11.8. The Hall–Kier alpha value is -2.24. The average molecular weight is 503 g/mol. The molecule has 1 fully saturated rings. The van der Waals surface area contributed by atoms with E-state index >= 15 is 0 Å². The summed E-state index contributed by atoms with van der Waals surface area (Å²) in [7, 11) is -1.88. The van der Waals surface area contributed by atoms with Gasteiger partial charge in [0.15, 0.2) is 8.32 Å². The average Bonchev–Trinajstić information content (AvgIpc) is 3.26. The molecule has 36 heavy (non-hydrogen) atoms. The molecule has 3 aromatic carbocycles. The maximum atomic E-state index is 10.3. The van der Waals surface area contributed by atoms with Crippen molar-refractivity contribution in [1.29, 1.82) is 0 Å². The van der Waals surface area contributed by atoms with Crippen molar-refractivity contribution in [3.8, 4) is 0 Å². The Morgan fingerprint density at radius 3 is 1.53 bits per heavy atom. The number of aliphatic hydroxyl groups excluding tert-OH is 1. The Labute approximate surface area is 218 Å². The lowest BCUT2D eigenvalue weighted by Crippen LogP contribution is -2.43. The first-order valence-corrected chi connectivity index (χ1v) is 16.2. The predicted molar refractivity (Wildman–Crippen MR) is 151 cm³/mol. The van der Waals surface area contributed by atoms with E-state index in [9.17, 15) is 5.11 Å². The van der Waals surface area contributed by atoms with Crippen LogP contribution in [0.3, 0.4) is 0 Å². The molecule has 0 aromatic heterocycles. The molecule has 0 heterocycles. The molecule has 0 bridgehead atoms. The van der Waals surface area contributed by atoms with Crippen LogP contribution >= 0.6 is 0 Å². The summed E-state index contributed by atoms with van der Waals surface area (Å²) in [5.74, 6) is 0.417. The van der Waals surface area contributed by atoms with Crippen LogP contribution in [0.5, 0.6) is 0 Å². The Bertz CT molecular complexity index is 980. The first-order valence-electron chi connectivity index (χ1n) is 13.3. The zero-order valence-electron chi connectivity index (χ0n) is 22.5. The van der Waals surface area contributed by atoms with Gasteiger partial charge < -0.3 is 14.3 Å². The second kappa shape index (κ2) is 11.0. The van der Waals surface area contributed by atoms with Crippen molar-refractivity contribution in [1.82, 2.24) is 0 Å². The largest absolute Gasteiger partial charge is 0.414 e. The topological polar surface area (TPSA) is 38.7 Å². The molecule has 0 radical (unpaired) electrons. The highest BCUT2D eigenvalue weighted by Crippen LogP contribution is 2.45. The van der Waals surface area contributed by atoms with E-state index in [-0.39, 0.29) is 29.6 Å². The molecule has 192 valence electrons. The highest BCUT2D eigenvalue weighted by atomic mass is 28.4. The van der Waals surface area contributed by atoms with Gasteiger partial charge in [-0.25, -0.2) is 0 Å². The highest BCUT2D eigenvalue weighted by Gasteiger charge is 2.44. The van der Waals surface area contributed by atoms with Crippen LogP contribution in [0, 0.1) is 11.8 Å². The molecule has 4 heteroatoms. The Morgan fingerprint density at radius 2 is 1.14 bits per heavy atom. The molecule has 1 aliphatic carbocycles. The van der Waals surface area contributed by atoms with E-state index in [4.69, 9.17) is 9.16 Å². The molecule has 0 saturated heterocycles. The standard InChI is InChI=1S/C32H42O3Si/c1-31(2,3)36(4,5)35-30-21-25(23-33)26(22-30)24-34-32(27-15-9-6-10-16-27,28-17-11-7-12-18-28)29-19-13-8-14-20-29/h6-20,25-26,30,33H,21-24H2,1-5H3/t25-,26+,30+/m1/s1. The van der Waals surface area contributed by atoms with Crippen LogP contribution in [0.4, 0.5) is 0 Å². The minimum Gasteiger partial charge on any atom is -0.414 e. The molecular formula is C32H42O3Si. The molecule has 3 aromatic rings. The van der Waals surface area contributed by atoms with Gasteiger partial charge in [0.05, 0.1) is 6.61 Å². The van der Waals surface area contributed by atoms with Crippen molar-refractivity contribution < 1.29 is 14.3 Å². The minimum absolute atomic E-state index is 0.166. The van der Waals surface area contributed by atoms with Crippen LogP contribution < -0.4 is 0 Å². The lowest BCUT2D eigenvalue weighted by Gasteiger charge is -2.38. The summed E-state index contributed by atoms with van der Waals surface area (Å²) < 4.78 is 13.9. The van der Waals surface area contributed by atoms with Crippen molar-refractivity contribution in [2.45, 2.75) is 63.5 Å². The van der Waals surface area contributed by atoms with Gasteiger partial charge in [0, 0.05) is 12.7 Å². The van der Waals surface area contributed by atoms with Crippen LogP contribution in [-0.2, 0) is 14.8 Å². The molecule has 1 saturated carbocycles. The normalized spacial score (nSPS) is 21.0. The molecule has 0 unspecified atom stereocenters. The third-order valence-electron chi connectivity index (χ3n) is 8.35. The van der Waals surface area contributed by atoms with Crippen LogP contribution in [0.2, 0.25) is 18.1 Å². The van der Waals surface area contributed by atoms with E-state index in [1.54, 1.807) is 0 Å². The number of benzene rings is 3. The van der Waals surface area contributed by atoms with Gasteiger partial charge in [0.1, 0.15) is 5.60 Å². The summed E-state index contributed by atoms with van der Waals surface area (Å²) in [5.41, 5.74) is 2.59. The fourth-order valence-corrected chi connectivity index (χ4v) is 6.65. The quantitative estimate of drug-likeness (QED) is 0.245. The molecule has 0 spiro atoms.